The van der Waals surface area contributed by atoms with E-state index in [0.29, 0.717) is 5.57 Å². The Labute approximate surface area is 168 Å². The van der Waals surface area contributed by atoms with Gasteiger partial charge in [-0.25, -0.2) is 0 Å². The number of carbonyl (C=O) groups is 1. The Bertz CT molecular complexity index is 1030. The summed E-state index contributed by atoms with van der Waals surface area (Å²) in [6, 6.07) is 0. The lowest BCUT2D eigenvalue weighted by Crippen LogP contribution is -2.35. The summed E-state index contributed by atoms with van der Waals surface area (Å²) in [6.45, 7) is 18.4. The van der Waals surface area contributed by atoms with E-state index >= 15 is 0 Å². The highest BCUT2D eigenvalue weighted by molar-refractivity contribution is 6.38. The van der Waals surface area contributed by atoms with Crippen LogP contribution in [0.15, 0.2) is 0 Å². The number of amides is 1. The predicted octanol–water partition coefficient (Wildman–Crippen LogP) is 4.80. The molecule has 150 valence electrons. The third-order valence-electron chi connectivity index (χ3n) is 6.98. The molecule has 1 aromatic heterocycles. The average molecular weight is 381 g/mol. The van der Waals surface area contributed by atoms with E-state index in [9.17, 15) is 9.90 Å². The van der Waals surface area contributed by atoms with E-state index in [4.69, 9.17) is 0 Å². The van der Waals surface area contributed by atoms with Gasteiger partial charge in [-0.15, -0.1) is 0 Å². The average Bonchev–Trinajstić information content (AvgIpc) is 3.05. The summed E-state index contributed by atoms with van der Waals surface area (Å²) < 4.78 is 2.17. The van der Waals surface area contributed by atoms with Crippen LogP contribution in [0, 0.1) is 48.5 Å². The van der Waals surface area contributed by atoms with Gasteiger partial charge < -0.3 is 9.67 Å². The molecule has 1 aromatic carbocycles. The van der Waals surface area contributed by atoms with Gasteiger partial charge in [0.15, 0.2) is 0 Å². The van der Waals surface area contributed by atoms with Crippen LogP contribution in [0.5, 0.6) is 0 Å². The van der Waals surface area contributed by atoms with Crippen molar-refractivity contribution in [1.82, 2.24) is 4.57 Å². The topological polar surface area (TPSA) is 45.5 Å². The number of aliphatic hydroxyl groups is 1. The number of hydrogen-bond acceptors (Lipinski definition) is 2. The number of nitrogens with zero attached hydrogens (tertiary/aromatic N) is 2. The normalized spacial score (nSPS) is 16.7. The minimum atomic E-state index is -0.880. The Morgan fingerprint density at radius 2 is 1.39 bits per heavy atom. The zero-order valence-electron chi connectivity index (χ0n) is 18.8. The van der Waals surface area contributed by atoms with Crippen molar-refractivity contribution in [2.75, 3.05) is 4.90 Å². The first kappa shape index (κ1) is 20.4. The van der Waals surface area contributed by atoms with Crippen molar-refractivity contribution >= 4 is 22.7 Å². The van der Waals surface area contributed by atoms with Gasteiger partial charge in [0.2, 0.25) is 0 Å². The van der Waals surface area contributed by atoms with Crippen LogP contribution in [0.2, 0.25) is 0 Å². The summed E-state index contributed by atoms with van der Waals surface area (Å²) in [4.78, 5) is 15.1. The summed E-state index contributed by atoms with van der Waals surface area (Å²) in [5.41, 5.74) is 12.8. The van der Waals surface area contributed by atoms with Crippen LogP contribution in [0.25, 0.3) is 11.1 Å². The molecule has 2 heterocycles. The molecule has 0 aliphatic carbocycles. The Morgan fingerprint density at radius 3 is 1.86 bits per heavy atom. The smallest absolute Gasteiger partial charge is 0.261 e. The molecule has 0 saturated heterocycles. The molecule has 1 N–H and O–H groups in total. The van der Waals surface area contributed by atoms with Crippen LogP contribution in [0.3, 0.4) is 0 Å². The maximum Gasteiger partial charge on any atom is 0.261 e. The minimum absolute atomic E-state index is 0.116. The van der Waals surface area contributed by atoms with Gasteiger partial charge in [0, 0.05) is 24.0 Å². The number of allylic oxidation sites excluding steroid dienone is 1. The zero-order valence-corrected chi connectivity index (χ0v) is 18.8. The molecule has 2 aromatic rings. The van der Waals surface area contributed by atoms with Crippen molar-refractivity contribution in [2.45, 2.75) is 68.5 Å². The molecule has 0 spiro atoms. The Kier molecular flexibility index (Phi) is 4.83. The fraction of sp³-hybridized carbons (Fsp3) is 0.458. The van der Waals surface area contributed by atoms with Crippen molar-refractivity contribution in [1.29, 1.82) is 0 Å². The van der Waals surface area contributed by atoms with Crippen molar-refractivity contribution < 1.29 is 9.90 Å². The van der Waals surface area contributed by atoms with E-state index in [2.05, 4.69) is 53.2 Å². The zero-order chi connectivity index (χ0) is 21.2. The lowest BCUT2D eigenvalue weighted by atomic mass is 9.88. The second kappa shape index (κ2) is 6.63. The van der Waals surface area contributed by atoms with E-state index in [0.717, 1.165) is 33.6 Å². The van der Waals surface area contributed by atoms with Crippen molar-refractivity contribution in [3.8, 4) is 0 Å². The molecule has 1 unspecified atom stereocenters. The quantitative estimate of drug-likeness (QED) is 0.761. The summed E-state index contributed by atoms with van der Waals surface area (Å²) in [6.07, 6.45) is -0.880. The van der Waals surface area contributed by atoms with Crippen LogP contribution in [-0.2, 0) is 11.8 Å². The van der Waals surface area contributed by atoms with Gasteiger partial charge in [-0.05, 0) is 101 Å². The summed E-state index contributed by atoms with van der Waals surface area (Å²) in [7, 11) is 2.06. The summed E-state index contributed by atoms with van der Waals surface area (Å²) >= 11 is 0. The predicted molar refractivity (Wildman–Crippen MR) is 117 cm³/mol. The molecule has 1 aliphatic rings. The lowest BCUT2D eigenvalue weighted by Gasteiger charge is -2.24. The van der Waals surface area contributed by atoms with Crippen molar-refractivity contribution in [3.05, 3.63) is 50.3 Å². The molecule has 4 heteroatoms. The van der Waals surface area contributed by atoms with Crippen molar-refractivity contribution in [3.63, 3.8) is 0 Å². The van der Waals surface area contributed by atoms with Crippen LogP contribution >= 0.6 is 0 Å². The SMILES string of the molecule is C/C(=C1/C(=O)N(C(C)O)c2c(C)c(C)c(C)c(C)c21)c1c(C)c(C)c(C)n1C. The van der Waals surface area contributed by atoms with Crippen LogP contribution in [0.4, 0.5) is 5.69 Å². The highest BCUT2D eigenvalue weighted by Gasteiger charge is 2.40. The number of carbonyl (C=O) groups excluding carboxylic acids is 1. The molecule has 1 amide bonds. The number of benzene rings is 1. The Balaban J connectivity index is 2.48. The van der Waals surface area contributed by atoms with E-state index < -0.39 is 6.23 Å². The van der Waals surface area contributed by atoms with Crippen LogP contribution in [0.1, 0.15) is 64.2 Å². The maximum absolute atomic E-state index is 13.6. The number of anilines is 1. The fourth-order valence-corrected chi connectivity index (χ4v) is 4.70. The Hall–Kier alpha value is -2.33. The number of aromatic nitrogens is 1. The van der Waals surface area contributed by atoms with Gasteiger partial charge in [-0.1, -0.05) is 0 Å². The largest absolute Gasteiger partial charge is 0.373 e. The number of hydrogen-bond donors (Lipinski definition) is 1. The molecule has 4 nitrogen and oxygen atoms in total. The van der Waals surface area contributed by atoms with E-state index in [1.54, 1.807) is 11.8 Å². The highest BCUT2D eigenvalue weighted by atomic mass is 16.3. The molecule has 1 aliphatic heterocycles. The molecule has 28 heavy (non-hydrogen) atoms. The molecule has 1 atom stereocenters. The summed E-state index contributed by atoms with van der Waals surface area (Å²) in [5, 5.41) is 10.4. The van der Waals surface area contributed by atoms with Gasteiger partial charge in [-0.2, -0.15) is 0 Å². The first-order chi connectivity index (χ1) is 12.9. The molecular weight excluding hydrogens is 348 g/mol. The second-order valence-electron chi connectivity index (χ2n) is 8.27. The minimum Gasteiger partial charge on any atom is -0.373 e. The van der Waals surface area contributed by atoms with Gasteiger partial charge in [0.1, 0.15) is 6.23 Å². The fourth-order valence-electron chi connectivity index (χ4n) is 4.70. The second-order valence-corrected chi connectivity index (χ2v) is 8.27. The third-order valence-corrected chi connectivity index (χ3v) is 6.98. The number of rotatable bonds is 2. The van der Waals surface area contributed by atoms with E-state index in [1.807, 2.05) is 13.8 Å². The van der Waals surface area contributed by atoms with E-state index in [-0.39, 0.29) is 5.91 Å². The highest BCUT2D eigenvalue weighted by Crippen LogP contribution is 2.47. The maximum atomic E-state index is 13.6. The molecule has 0 fully saturated rings. The van der Waals surface area contributed by atoms with Crippen LogP contribution in [-0.4, -0.2) is 21.8 Å². The van der Waals surface area contributed by atoms with E-state index in [1.165, 1.54) is 27.9 Å². The van der Waals surface area contributed by atoms with Crippen molar-refractivity contribution in [2.24, 2.45) is 7.05 Å². The number of fused-ring (bicyclic) bond motifs is 1. The third kappa shape index (κ3) is 2.51. The van der Waals surface area contributed by atoms with Gasteiger partial charge in [0.05, 0.1) is 11.3 Å². The molecule has 3 rings (SSSR count). The molecule has 0 bridgehead atoms. The summed E-state index contributed by atoms with van der Waals surface area (Å²) in [5.74, 6) is -0.116. The standard InChI is InChI=1S/C24H32N2O2/c1-11-12(2)15(5)23-20(14(11)4)21(24(28)26(23)19(9)27)17(7)22-16(6)13(3)18(8)25(22)10/h19,27H,1-10H3/b21-17-. The first-order valence-electron chi connectivity index (χ1n) is 9.89. The van der Waals surface area contributed by atoms with Gasteiger partial charge in [0.25, 0.3) is 5.91 Å². The van der Waals surface area contributed by atoms with Gasteiger partial charge in [-0.3, -0.25) is 9.69 Å². The number of aliphatic hydroxyl groups excluding tert-OH is 1. The first-order valence-corrected chi connectivity index (χ1v) is 9.89. The molecule has 0 radical (unpaired) electrons. The molecular formula is C24H32N2O2. The van der Waals surface area contributed by atoms with Crippen LogP contribution < -0.4 is 4.90 Å². The Morgan fingerprint density at radius 1 is 0.857 bits per heavy atom. The monoisotopic (exact) mass is 380 g/mol. The molecule has 0 saturated carbocycles. The lowest BCUT2D eigenvalue weighted by molar-refractivity contribution is -0.114. The van der Waals surface area contributed by atoms with Gasteiger partial charge >= 0.3 is 0 Å².